The Kier molecular flexibility index (Phi) is 6.28. The number of sulfonamides is 1. The number of nitrogens with one attached hydrogen (secondary N) is 1. The first-order valence-corrected chi connectivity index (χ1v) is 11.7. The highest BCUT2D eigenvalue weighted by molar-refractivity contribution is 7.92. The molecule has 3 aromatic carbocycles. The van der Waals surface area contributed by atoms with Gasteiger partial charge >= 0.3 is 5.97 Å². The molecular formula is C25H22N2O5S. The van der Waals surface area contributed by atoms with E-state index in [1.54, 1.807) is 31.2 Å². The molecular weight excluding hydrogens is 440 g/mol. The van der Waals surface area contributed by atoms with Gasteiger partial charge < -0.3 is 9.15 Å². The summed E-state index contributed by atoms with van der Waals surface area (Å²) >= 11 is 0. The maximum Gasteiger partial charge on any atom is 0.340 e. The van der Waals surface area contributed by atoms with Crippen molar-refractivity contribution >= 4 is 21.7 Å². The highest BCUT2D eigenvalue weighted by atomic mass is 32.2. The van der Waals surface area contributed by atoms with Crippen LogP contribution in [-0.4, -0.2) is 19.4 Å². The molecule has 0 aliphatic carbocycles. The zero-order valence-electron chi connectivity index (χ0n) is 18.1. The Morgan fingerprint density at radius 1 is 1.00 bits per heavy atom. The zero-order chi connectivity index (χ0) is 23.4. The van der Waals surface area contributed by atoms with Gasteiger partial charge in [-0.1, -0.05) is 42.5 Å². The standard InChI is InChI=1S/C25H22N2O5S/c1-17-12-13-18(2)23(14-17)33(29,30)27-22-11-7-6-10-21(22)25(28)32-16-20-15-31-24(26-20)19-8-4-3-5-9-19/h3-15,27H,16H2,1-2H3. The van der Waals surface area contributed by atoms with Crippen molar-refractivity contribution in [1.82, 2.24) is 4.98 Å². The van der Waals surface area contributed by atoms with Crippen molar-refractivity contribution in [2.75, 3.05) is 4.72 Å². The van der Waals surface area contributed by atoms with Crippen molar-refractivity contribution in [2.24, 2.45) is 0 Å². The summed E-state index contributed by atoms with van der Waals surface area (Å²) in [5.74, 6) is -0.262. The van der Waals surface area contributed by atoms with Gasteiger partial charge in [0.05, 0.1) is 16.1 Å². The third-order valence-electron chi connectivity index (χ3n) is 4.95. The van der Waals surface area contributed by atoms with E-state index in [0.29, 0.717) is 17.1 Å². The summed E-state index contributed by atoms with van der Waals surface area (Å²) in [6.45, 7) is 3.42. The molecule has 0 unspecified atom stereocenters. The van der Waals surface area contributed by atoms with Crippen molar-refractivity contribution in [3.8, 4) is 11.5 Å². The van der Waals surface area contributed by atoms with Crippen LogP contribution in [0.4, 0.5) is 5.69 Å². The molecule has 4 rings (SSSR count). The molecule has 0 fully saturated rings. The minimum atomic E-state index is -3.90. The van der Waals surface area contributed by atoms with Gasteiger partial charge in [0.25, 0.3) is 10.0 Å². The normalized spacial score (nSPS) is 11.2. The highest BCUT2D eigenvalue weighted by Gasteiger charge is 2.21. The molecule has 0 spiro atoms. The zero-order valence-corrected chi connectivity index (χ0v) is 18.9. The molecule has 1 N–H and O–H groups in total. The van der Waals surface area contributed by atoms with Crippen molar-refractivity contribution in [1.29, 1.82) is 0 Å². The van der Waals surface area contributed by atoms with Gasteiger partial charge in [0.1, 0.15) is 18.6 Å². The Morgan fingerprint density at radius 2 is 1.73 bits per heavy atom. The van der Waals surface area contributed by atoms with E-state index in [2.05, 4.69) is 9.71 Å². The van der Waals surface area contributed by atoms with Gasteiger partial charge in [-0.05, 0) is 55.3 Å². The van der Waals surface area contributed by atoms with E-state index < -0.39 is 16.0 Å². The number of hydrogen-bond donors (Lipinski definition) is 1. The van der Waals surface area contributed by atoms with Crippen LogP contribution >= 0.6 is 0 Å². The Balaban J connectivity index is 1.50. The molecule has 7 nitrogen and oxygen atoms in total. The Labute approximate surface area is 192 Å². The Hall–Kier alpha value is -3.91. The van der Waals surface area contributed by atoms with E-state index in [9.17, 15) is 13.2 Å². The number of aryl methyl sites for hydroxylation is 2. The van der Waals surface area contributed by atoms with Gasteiger partial charge in [-0.2, -0.15) is 0 Å². The highest BCUT2D eigenvalue weighted by Crippen LogP contribution is 2.24. The molecule has 0 saturated carbocycles. The maximum absolute atomic E-state index is 13.0. The second-order valence-electron chi connectivity index (χ2n) is 7.51. The van der Waals surface area contributed by atoms with Crippen LogP contribution in [-0.2, 0) is 21.4 Å². The van der Waals surface area contributed by atoms with Gasteiger partial charge in [-0.15, -0.1) is 0 Å². The first kappa shape index (κ1) is 22.3. The van der Waals surface area contributed by atoms with Crippen LogP contribution < -0.4 is 4.72 Å². The fraction of sp³-hybridized carbons (Fsp3) is 0.120. The summed E-state index contributed by atoms with van der Waals surface area (Å²) < 4.78 is 39.3. The number of oxazole rings is 1. The number of aromatic nitrogens is 1. The smallest absolute Gasteiger partial charge is 0.340 e. The SMILES string of the molecule is Cc1ccc(C)c(S(=O)(=O)Nc2ccccc2C(=O)OCc2coc(-c3ccccc3)n2)c1. The first-order chi connectivity index (χ1) is 15.8. The van der Waals surface area contributed by atoms with Crippen LogP contribution in [0.5, 0.6) is 0 Å². The van der Waals surface area contributed by atoms with Crippen molar-refractivity contribution in [2.45, 2.75) is 25.3 Å². The van der Waals surface area contributed by atoms with E-state index in [1.165, 1.54) is 18.4 Å². The average Bonchev–Trinajstić information content (AvgIpc) is 3.29. The molecule has 1 aromatic heterocycles. The summed E-state index contributed by atoms with van der Waals surface area (Å²) in [5, 5.41) is 0. The largest absolute Gasteiger partial charge is 0.455 e. The molecule has 168 valence electrons. The molecule has 0 amide bonds. The number of esters is 1. The second-order valence-corrected chi connectivity index (χ2v) is 9.16. The number of carbonyl (C=O) groups excluding carboxylic acids is 1. The lowest BCUT2D eigenvalue weighted by atomic mass is 10.2. The quantitative estimate of drug-likeness (QED) is 0.383. The number of carbonyl (C=O) groups is 1. The van der Waals surface area contributed by atoms with E-state index in [-0.39, 0.29) is 22.8 Å². The minimum absolute atomic E-state index is 0.0955. The molecule has 8 heteroatoms. The molecule has 0 radical (unpaired) electrons. The number of rotatable bonds is 7. The van der Waals surface area contributed by atoms with Crippen LogP contribution in [0.15, 0.2) is 88.4 Å². The van der Waals surface area contributed by atoms with Crippen LogP contribution in [0.25, 0.3) is 11.5 Å². The monoisotopic (exact) mass is 462 g/mol. The summed E-state index contributed by atoms with van der Waals surface area (Å²) in [6, 6.07) is 20.8. The molecule has 0 atom stereocenters. The lowest BCUT2D eigenvalue weighted by molar-refractivity contribution is 0.0469. The van der Waals surface area contributed by atoms with Crippen molar-refractivity contribution in [3.63, 3.8) is 0 Å². The first-order valence-electron chi connectivity index (χ1n) is 10.2. The number of hydrogen-bond acceptors (Lipinski definition) is 6. The van der Waals surface area contributed by atoms with Gasteiger partial charge in [0.15, 0.2) is 0 Å². The summed E-state index contributed by atoms with van der Waals surface area (Å²) in [5.41, 5.74) is 2.90. The number of benzene rings is 3. The predicted octanol–water partition coefficient (Wildman–Crippen LogP) is 5.12. The molecule has 0 aliphatic heterocycles. The fourth-order valence-electron chi connectivity index (χ4n) is 3.25. The summed E-state index contributed by atoms with van der Waals surface area (Å²) in [7, 11) is -3.90. The molecule has 33 heavy (non-hydrogen) atoms. The lowest BCUT2D eigenvalue weighted by Gasteiger charge is -2.14. The molecule has 4 aromatic rings. The predicted molar refractivity (Wildman–Crippen MR) is 124 cm³/mol. The number of ether oxygens (including phenoxy) is 1. The van der Waals surface area contributed by atoms with E-state index >= 15 is 0 Å². The van der Waals surface area contributed by atoms with E-state index in [1.807, 2.05) is 43.3 Å². The third-order valence-corrected chi connectivity index (χ3v) is 6.46. The lowest BCUT2D eigenvalue weighted by Crippen LogP contribution is -2.17. The van der Waals surface area contributed by atoms with Gasteiger partial charge in [-0.3, -0.25) is 4.72 Å². The van der Waals surface area contributed by atoms with Gasteiger partial charge in [0.2, 0.25) is 5.89 Å². The molecule has 0 bridgehead atoms. The van der Waals surface area contributed by atoms with Crippen LogP contribution in [0.2, 0.25) is 0 Å². The summed E-state index contributed by atoms with van der Waals surface area (Å²) in [6.07, 6.45) is 1.42. The number of para-hydroxylation sites is 1. The minimum Gasteiger partial charge on any atom is -0.455 e. The number of nitrogens with zero attached hydrogens (tertiary/aromatic N) is 1. The van der Waals surface area contributed by atoms with Crippen LogP contribution in [0.1, 0.15) is 27.2 Å². The van der Waals surface area contributed by atoms with Gasteiger partial charge in [-0.25, -0.2) is 18.2 Å². The van der Waals surface area contributed by atoms with Crippen molar-refractivity contribution < 1.29 is 22.4 Å². The fourth-order valence-corrected chi connectivity index (χ4v) is 4.66. The average molecular weight is 463 g/mol. The Bertz CT molecular complexity index is 1400. The van der Waals surface area contributed by atoms with E-state index in [4.69, 9.17) is 9.15 Å². The van der Waals surface area contributed by atoms with Crippen LogP contribution in [0.3, 0.4) is 0 Å². The van der Waals surface area contributed by atoms with Crippen LogP contribution in [0, 0.1) is 13.8 Å². The van der Waals surface area contributed by atoms with Gasteiger partial charge in [0, 0.05) is 5.56 Å². The Morgan fingerprint density at radius 3 is 2.52 bits per heavy atom. The second kappa shape index (κ2) is 9.30. The number of anilines is 1. The summed E-state index contributed by atoms with van der Waals surface area (Å²) in [4.78, 5) is 17.2. The maximum atomic E-state index is 13.0. The third kappa shape index (κ3) is 5.12. The van der Waals surface area contributed by atoms with Crippen molar-refractivity contribution in [3.05, 3.63) is 101 Å². The van der Waals surface area contributed by atoms with E-state index in [0.717, 1.165) is 11.1 Å². The topological polar surface area (TPSA) is 98.5 Å². The molecule has 1 heterocycles. The molecule has 0 aliphatic rings. The molecule has 0 saturated heterocycles.